The van der Waals surface area contributed by atoms with Gasteiger partial charge in [0.1, 0.15) is 4.90 Å². The predicted molar refractivity (Wildman–Crippen MR) is 64.4 cm³/mol. The zero-order valence-electron chi connectivity index (χ0n) is 10.3. The van der Waals surface area contributed by atoms with Crippen LogP contribution in [0.4, 0.5) is 0 Å². The zero-order valence-corrected chi connectivity index (χ0v) is 11.1. The highest BCUT2D eigenvalue weighted by atomic mass is 32.2. The molecular weight excluding hydrogens is 256 g/mol. The van der Waals surface area contributed by atoms with Gasteiger partial charge < -0.3 is 5.32 Å². The van der Waals surface area contributed by atoms with E-state index in [2.05, 4.69) is 20.2 Å². The minimum atomic E-state index is -3.69. The van der Waals surface area contributed by atoms with Crippen molar-refractivity contribution in [3.63, 3.8) is 0 Å². The molecule has 3 N–H and O–H groups in total. The van der Waals surface area contributed by atoms with Crippen molar-refractivity contribution in [2.24, 2.45) is 0 Å². The monoisotopic (exact) mass is 272 g/mol. The third kappa shape index (κ3) is 2.88. The number of aryl methyl sites for hydroxylation is 2. The molecule has 0 atom stereocenters. The topological polar surface area (TPSA) is 104 Å². The molecular formula is C10H16N4O3S. The summed E-state index contributed by atoms with van der Waals surface area (Å²) < 4.78 is 26.3. The molecule has 7 nitrogen and oxygen atoms in total. The first-order valence-corrected chi connectivity index (χ1v) is 7.19. The summed E-state index contributed by atoms with van der Waals surface area (Å²) in [5.74, 6) is -0.306. The van der Waals surface area contributed by atoms with Crippen LogP contribution in [-0.2, 0) is 14.8 Å². The van der Waals surface area contributed by atoms with Crippen LogP contribution in [0.2, 0.25) is 0 Å². The second-order valence-electron chi connectivity index (χ2n) is 4.43. The summed E-state index contributed by atoms with van der Waals surface area (Å²) in [5, 5.41) is 9.14. The molecule has 2 rings (SSSR count). The quantitative estimate of drug-likeness (QED) is 0.677. The van der Waals surface area contributed by atoms with Gasteiger partial charge in [0.2, 0.25) is 15.9 Å². The molecule has 0 aliphatic heterocycles. The van der Waals surface area contributed by atoms with Crippen LogP contribution >= 0.6 is 0 Å². The van der Waals surface area contributed by atoms with Crippen molar-refractivity contribution in [1.29, 1.82) is 0 Å². The van der Waals surface area contributed by atoms with E-state index in [9.17, 15) is 13.2 Å². The van der Waals surface area contributed by atoms with Crippen LogP contribution in [-0.4, -0.2) is 37.1 Å². The fourth-order valence-electron chi connectivity index (χ4n) is 1.68. The maximum absolute atomic E-state index is 12.0. The van der Waals surface area contributed by atoms with Crippen molar-refractivity contribution in [3.05, 3.63) is 11.4 Å². The fraction of sp³-hybridized carbons (Fsp3) is 0.600. The number of carbonyl (C=O) groups is 1. The number of carbonyl (C=O) groups excluding carboxylic acids is 1. The van der Waals surface area contributed by atoms with Crippen molar-refractivity contribution in [2.45, 2.75) is 37.6 Å². The first-order valence-electron chi connectivity index (χ1n) is 5.71. The van der Waals surface area contributed by atoms with Crippen molar-refractivity contribution < 1.29 is 13.2 Å². The Morgan fingerprint density at radius 2 is 2.11 bits per heavy atom. The highest BCUT2D eigenvalue weighted by Crippen LogP contribution is 2.18. The van der Waals surface area contributed by atoms with Crippen LogP contribution < -0.4 is 10.0 Å². The van der Waals surface area contributed by atoms with Gasteiger partial charge in [-0.2, -0.15) is 5.10 Å². The standard InChI is InChI=1S/C10H16N4O3S/c1-6-10(7(2)14-13-6)18(16,17)11-5-9(15)12-8-3-4-8/h8,11H,3-5H2,1-2H3,(H,12,15)(H,13,14). The molecule has 100 valence electrons. The summed E-state index contributed by atoms with van der Waals surface area (Å²) in [4.78, 5) is 11.5. The van der Waals surface area contributed by atoms with E-state index in [-0.39, 0.29) is 23.4 Å². The highest BCUT2D eigenvalue weighted by molar-refractivity contribution is 7.89. The van der Waals surface area contributed by atoms with Crippen LogP contribution in [0, 0.1) is 13.8 Å². The number of sulfonamides is 1. The number of hydrogen-bond donors (Lipinski definition) is 3. The third-order valence-corrected chi connectivity index (χ3v) is 4.36. The third-order valence-electron chi connectivity index (χ3n) is 2.69. The van der Waals surface area contributed by atoms with Crippen LogP contribution in [0.3, 0.4) is 0 Å². The molecule has 0 aromatic carbocycles. The van der Waals surface area contributed by atoms with Crippen LogP contribution in [0.15, 0.2) is 4.90 Å². The first-order chi connectivity index (χ1) is 8.40. The van der Waals surface area contributed by atoms with Gasteiger partial charge in [-0.25, -0.2) is 13.1 Å². The van der Waals surface area contributed by atoms with Crippen molar-refractivity contribution in [3.8, 4) is 0 Å². The lowest BCUT2D eigenvalue weighted by Crippen LogP contribution is -2.38. The lowest BCUT2D eigenvalue weighted by atomic mass is 10.4. The minimum Gasteiger partial charge on any atom is -0.352 e. The summed E-state index contributed by atoms with van der Waals surface area (Å²) in [6.07, 6.45) is 1.94. The SMILES string of the molecule is Cc1n[nH]c(C)c1S(=O)(=O)NCC(=O)NC1CC1. The van der Waals surface area contributed by atoms with E-state index in [1.165, 1.54) is 0 Å². The number of aromatic amines is 1. The van der Waals surface area contributed by atoms with Gasteiger partial charge in [-0.15, -0.1) is 0 Å². The number of H-pyrrole nitrogens is 1. The summed E-state index contributed by atoms with van der Waals surface area (Å²) >= 11 is 0. The maximum atomic E-state index is 12.0. The van der Waals surface area contributed by atoms with Gasteiger partial charge in [0.05, 0.1) is 17.9 Å². The van der Waals surface area contributed by atoms with Gasteiger partial charge in [0.25, 0.3) is 0 Å². The van der Waals surface area contributed by atoms with E-state index < -0.39 is 10.0 Å². The molecule has 8 heteroatoms. The summed E-state index contributed by atoms with van der Waals surface area (Å²) in [5.41, 5.74) is 0.852. The van der Waals surface area contributed by atoms with Crippen molar-refractivity contribution in [2.75, 3.05) is 6.54 Å². The van der Waals surface area contributed by atoms with Crippen LogP contribution in [0.25, 0.3) is 0 Å². The van der Waals surface area contributed by atoms with E-state index >= 15 is 0 Å². The summed E-state index contributed by atoms with van der Waals surface area (Å²) in [6, 6.07) is 0.222. The molecule has 18 heavy (non-hydrogen) atoms. The Hall–Kier alpha value is -1.41. The lowest BCUT2D eigenvalue weighted by molar-refractivity contribution is -0.120. The minimum absolute atomic E-state index is 0.113. The Kier molecular flexibility index (Phi) is 3.40. The Labute approximate surface area is 105 Å². The molecule has 1 heterocycles. The lowest BCUT2D eigenvalue weighted by Gasteiger charge is -2.07. The largest absolute Gasteiger partial charge is 0.352 e. The average molecular weight is 272 g/mol. The van der Waals surface area contributed by atoms with Crippen LogP contribution in [0.1, 0.15) is 24.2 Å². The Morgan fingerprint density at radius 1 is 1.44 bits per heavy atom. The van der Waals surface area contributed by atoms with Crippen molar-refractivity contribution >= 4 is 15.9 Å². The molecule has 0 bridgehead atoms. The molecule has 1 aromatic rings. The molecule has 0 radical (unpaired) electrons. The number of aromatic nitrogens is 2. The van der Waals surface area contributed by atoms with Gasteiger partial charge in [0, 0.05) is 6.04 Å². The molecule has 1 fully saturated rings. The number of nitrogens with zero attached hydrogens (tertiary/aromatic N) is 1. The molecule has 1 aliphatic rings. The normalized spacial score (nSPS) is 15.7. The Bertz CT molecular complexity index is 540. The molecule has 0 unspecified atom stereocenters. The van der Waals surface area contributed by atoms with Gasteiger partial charge in [-0.05, 0) is 26.7 Å². The maximum Gasteiger partial charge on any atom is 0.244 e. The predicted octanol–water partition coefficient (Wildman–Crippen LogP) is -0.417. The van der Waals surface area contributed by atoms with E-state index in [4.69, 9.17) is 0 Å². The van der Waals surface area contributed by atoms with E-state index in [0.717, 1.165) is 12.8 Å². The number of hydrogen-bond acceptors (Lipinski definition) is 4. The number of rotatable bonds is 5. The van der Waals surface area contributed by atoms with E-state index in [0.29, 0.717) is 11.4 Å². The zero-order chi connectivity index (χ0) is 13.3. The number of nitrogens with one attached hydrogen (secondary N) is 3. The van der Waals surface area contributed by atoms with E-state index in [1.807, 2.05) is 0 Å². The Morgan fingerprint density at radius 3 is 2.61 bits per heavy atom. The van der Waals surface area contributed by atoms with Gasteiger partial charge in [-0.3, -0.25) is 9.89 Å². The molecule has 1 aromatic heterocycles. The average Bonchev–Trinajstić information content (AvgIpc) is 3.01. The summed E-state index contributed by atoms with van der Waals surface area (Å²) in [6.45, 7) is 2.98. The van der Waals surface area contributed by atoms with Gasteiger partial charge >= 0.3 is 0 Å². The smallest absolute Gasteiger partial charge is 0.244 e. The fourth-order valence-corrected chi connectivity index (χ4v) is 3.02. The first kappa shape index (κ1) is 13.0. The van der Waals surface area contributed by atoms with Gasteiger partial charge in [0.15, 0.2) is 0 Å². The second-order valence-corrected chi connectivity index (χ2v) is 6.13. The number of amides is 1. The summed E-state index contributed by atoms with van der Waals surface area (Å²) in [7, 11) is -3.69. The molecule has 0 spiro atoms. The van der Waals surface area contributed by atoms with Gasteiger partial charge in [-0.1, -0.05) is 0 Å². The molecule has 1 saturated carbocycles. The highest BCUT2D eigenvalue weighted by Gasteiger charge is 2.25. The molecule has 0 saturated heterocycles. The second kappa shape index (κ2) is 4.69. The molecule has 1 amide bonds. The van der Waals surface area contributed by atoms with E-state index in [1.54, 1.807) is 13.8 Å². The Balaban J connectivity index is 2.01. The molecule has 1 aliphatic carbocycles. The van der Waals surface area contributed by atoms with Crippen LogP contribution in [0.5, 0.6) is 0 Å². The van der Waals surface area contributed by atoms with Crippen molar-refractivity contribution in [1.82, 2.24) is 20.2 Å².